The number of hydrogen-bond acceptors (Lipinski definition) is 3. The van der Waals surface area contributed by atoms with Gasteiger partial charge in [-0.1, -0.05) is 66.2 Å². The Kier molecular flexibility index (Phi) is 10.1. The van der Waals surface area contributed by atoms with E-state index in [1.54, 1.807) is 30.0 Å². The van der Waals surface area contributed by atoms with Crippen molar-refractivity contribution in [1.29, 1.82) is 0 Å². The number of aryl methyl sites for hydroxylation is 1. The highest BCUT2D eigenvalue weighted by Gasteiger charge is 2.28. The summed E-state index contributed by atoms with van der Waals surface area (Å²) in [6.07, 6.45) is 6.28. The SMILES string of the molecule is Cc1ccc(OCCCC(=O)N(Cc2ccc(Cl)cc2Cl)[C@H](C)C(=O)NC2CCCCC2)cc1. The van der Waals surface area contributed by atoms with Gasteiger partial charge in [-0.3, -0.25) is 9.59 Å². The second kappa shape index (κ2) is 13.0. The van der Waals surface area contributed by atoms with Crippen LogP contribution in [0.15, 0.2) is 42.5 Å². The number of rotatable bonds is 10. The summed E-state index contributed by atoms with van der Waals surface area (Å²) in [5.74, 6) is 0.550. The lowest BCUT2D eigenvalue weighted by atomic mass is 9.95. The molecule has 34 heavy (non-hydrogen) atoms. The minimum absolute atomic E-state index is 0.107. The van der Waals surface area contributed by atoms with Crippen molar-refractivity contribution in [1.82, 2.24) is 10.2 Å². The molecule has 3 rings (SSSR count). The van der Waals surface area contributed by atoms with E-state index in [9.17, 15) is 9.59 Å². The summed E-state index contributed by atoms with van der Waals surface area (Å²) in [4.78, 5) is 27.9. The van der Waals surface area contributed by atoms with Crippen LogP contribution >= 0.6 is 23.2 Å². The summed E-state index contributed by atoms with van der Waals surface area (Å²) in [5, 5.41) is 4.16. The molecule has 5 nitrogen and oxygen atoms in total. The van der Waals surface area contributed by atoms with Gasteiger partial charge in [0.15, 0.2) is 0 Å². The Balaban J connectivity index is 1.63. The van der Waals surface area contributed by atoms with Crippen molar-refractivity contribution >= 4 is 35.0 Å². The van der Waals surface area contributed by atoms with Gasteiger partial charge in [0.2, 0.25) is 11.8 Å². The fraction of sp³-hybridized carbons (Fsp3) is 0.481. The molecular weight excluding hydrogens is 471 g/mol. The average molecular weight is 505 g/mol. The van der Waals surface area contributed by atoms with Crippen LogP contribution in [0, 0.1) is 6.92 Å². The number of ether oxygens (including phenoxy) is 1. The fourth-order valence-electron chi connectivity index (χ4n) is 4.18. The summed E-state index contributed by atoms with van der Waals surface area (Å²) in [6.45, 7) is 4.47. The van der Waals surface area contributed by atoms with Gasteiger partial charge in [0.25, 0.3) is 0 Å². The van der Waals surface area contributed by atoms with Gasteiger partial charge in [0.05, 0.1) is 6.61 Å². The standard InChI is InChI=1S/C27H34Cl2N2O3/c1-19-10-14-24(15-11-19)34-16-6-9-26(32)31(18-21-12-13-22(28)17-25(21)29)20(2)27(33)30-23-7-4-3-5-8-23/h10-15,17,20,23H,3-9,16,18H2,1-2H3,(H,30,33)/t20-/m1/s1. The lowest BCUT2D eigenvalue weighted by molar-refractivity contribution is -0.141. The quantitative estimate of drug-likeness (QED) is 0.384. The maximum absolute atomic E-state index is 13.2. The lowest BCUT2D eigenvalue weighted by Crippen LogP contribution is -2.50. The van der Waals surface area contributed by atoms with E-state index < -0.39 is 6.04 Å². The van der Waals surface area contributed by atoms with Crippen molar-refractivity contribution in [3.05, 3.63) is 63.6 Å². The van der Waals surface area contributed by atoms with E-state index in [4.69, 9.17) is 27.9 Å². The second-order valence-corrected chi connectivity index (χ2v) is 9.89. The van der Waals surface area contributed by atoms with E-state index >= 15 is 0 Å². The molecule has 0 heterocycles. The van der Waals surface area contributed by atoms with E-state index in [0.29, 0.717) is 23.1 Å². The molecule has 1 fully saturated rings. The van der Waals surface area contributed by atoms with Crippen molar-refractivity contribution in [3.8, 4) is 5.75 Å². The molecule has 1 aliphatic rings. The molecule has 1 aliphatic carbocycles. The van der Waals surface area contributed by atoms with E-state index in [-0.39, 0.29) is 30.8 Å². The van der Waals surface area contributed by atoms with Crippen LogP contribution in [-0.2, 0) is 16.1 Å². The maximum atomic E-state index is 13.2. The van der Waals surface area contributed by atoms with Gasteiger partial charge >= 0.3 is 0 Å². The predicted molar refractivity (Wildman–Crippen MR) is 137 cm³/mol. The zero-order valence-electron chi connectivity index (χ0n) is 20.0. The van der Waals surface area contributed by atoms with Crippen LogP contribution in [0.25, 0.3) is 0 Å². The number of carbonyl (C=O) groups excluding carboxylic acids is 2. The zero-order valence-corrected chi connectivity index (χ0v) is 21.5. The molecule has 0 bridgehead atoms. The summed E-state index contributed by atoms with van der Waals surface area (Å²) < 4.78 is 5.76. The normalized spacial score (nSPS) is 14.9. The predicted octanol–water partition coefficient (Wildman–Crippen LogP) is 6.33. The molecule has 184 valence electrons. The van der Waals surface area contributed by atoms with Gasteiger partial charge in [-0.25, -0.2) is 0 Å². The topological polar surface area (TPSA) is 58.6 Å². The van der Waals surface area contributed by atoms with E-state index in [1.165, 1.54) is 12.0 Å². The summed E-state index contributed by atoms with van der Waals surface area (Å²) in [7, 11) is 0. The van der Waals surface area contributed by atoms with Gasteiger partial charge in [-0.05, 0) is 62.9 Å². The average Bonchev–Trinajstić information content (AvgIpc) is 2.82. The first kappa shape index (κ1) is 26.4. The number of hydrogen-bond donors (Lipinski definition) is 1. The summed E-state index contributed by atoms with van der Waals surface area (Å²) in [6, 6.07) is 12.6. The molecule has 0 aromatic heterocycles. The number of amides is 2. The van der Waals surface area contributed by atoms with E-state index in [1.807, 2.05) is 31.2 Å². The molecule has 0 radical (unpaired) electrons. The van der Waals surface area contributed by atoms with Gasteiger partial charge in [-0.15, -0.1) is 0 Å². The Morgan fingerprint density at radius 1 is 1.09 bits per heavy atom. The molecule has 7 heteroatoms. The third kappa shape index (κ3) is 7.92. The Morgan fingerprint density at radius 2 is 1.79 bits per heavy atom. The van der Waals surface area contributed by atoms with Crippen molar-refractivity contribution in [3.63, 3.8) is 0 Å². The fourth-order valence-corrected chi connectivity index (χ4v) is 4.64. The smallest absolute Gasteiger partial charge is 0.242 e. The van der Waals surface area contributed by atoms with Gasteiger partial charge < -0.3 is 15.0 Å². The van der Waals surface area contributed by atoms with Gasteiger partial charge in [0, 0.05) is 29.1 Å². The van der Waals surface area contributed by atoms with Crippen molar-refractivity contribution < 1.29 is 14.3 Å². The van der Waals surface area contributed by atoms with Crippen molar-refractivity contribution in [2.45, 2.75) is 77.4 Å². The first-order chi connectivity index (χ1) is 16.3. The third-order valence-corrected chi connectivity index (χ3v) is 6.89. The Morgan fingerprint density at radius 3 is 2.47 bits per heavy atom. The van der Waals surface area contributed by atoms with Crippen LogP contribution < -0.4 is 10.1 Å². The third-order valence-electron chi connectivity index (χ3n) is 6.30. The number of benzene rings is 2. The molecule has 0 saturated heterocycles. The van der Waals surface area contributed by atoms with Gasteiger partial charge in [-0.2, -0.15) is 0 Å². The summed E-state index contributed by atoms with van der Waals surface area (Å²) in [5.41, 5.74) is 1.92. The zero-order chi connectivity index (χ0) is 24.5. The van der Waals surface area contributed by atoms with Gasteiger partial charge in [0.1, 0.15) is 11.8 Å². The number of nitrogens with zero attached hydrogens (tertiary/aromatic N) is 1. The molecule has 2 aromatic rings. The second-order valence-electron chi connectivity index (χ2n) is 9.04. The molecular formula is C27H34Cl2N2O3. The van der Waals surface area contributed by atoms with Crippen molar-refractivity contribution in [2.75, 3.05) is 6.61 Å². The molecule has 2 amide bonds. The highest BCUT2D eigenvalue weighted by atomic mass is 35.5. The first-order valence-corrected chi connectivity index (χ1v) is 12.8. The maximum Gasteiger partial charge on any atom is 0.242 e. The van der Waals surface area contributed by atoms with Crippen LogP contribution in [-0.4, -0.2) is 35.4 Å². The minimum Gasteiger partial charge on any atom is -0.494 e. The Labute approximate surface area is 212 Å². The monoisotopic (exact) mass is 504 g/mol. The molecule has 0 aliphatic heterocycles. The lowest BCUT2D eigenvalue weighted by Gasteiger charge is -2.31. The minimum atomic E-state index is -0.612. The van der Waals surface area contributed by atoms with Crippen LogP contribution in [0.3, 0.4) is 0 Å². The van der Waals surface area contributed by atoms with Crippen molar-refractivity contribution in [2.24, 2.45) is 0 Å². The Hall–Kier alpha value is -2.24. The number of nitrogens with one attached hydrogen (secondary N) is 1. The van der Waals surface area contributed by atoms with Crippen LogP contribution in [0.4, 0.5) is 0 Å². The molecule has 0 unspecified atom stereocenters. The highest BCUT2D eigenvalue weighted by Crippen LogP contribution is 2.24. The largest absolute Gasteiger partial charge is 0.494 e. The summed E-state index contributed by atoms with van der Waals surface area (Å²) >= 11 is 12.4. The Bertz CT molecular complexity index is 959. The molecule has 1 atom stereocenters. The van der Waals surface area contributed by atoms with E-state index in [2.05, 4.69) is 5.32 Å². The molecule has 1 saturated carbocycles. The van der Waals surface area contributed by atoms with Crippen LogP contribution in [0.5, 0.6) is 5.75 Å². The first-order valence-electron chi connectivity index (χ1n) is 12.1. The number of carbonyl (C=O) groups is 2. The van der Waals surface area contributed by atoms with Crippen LogP contribution in [0.1, 0.15) is 63.0 Å². The molecule has 2 aromatic carbocycles. The molecule has 1 N–H and O–H groups in total. The highest BCUT2D eigenvalue weighted by molar-refractivity contribution is 6.35. The molecule has 0 spiro atoms. The van der Waals surface area contributed by atoms with E-state index in [0.717, 1.165) is 37.0 Å². The number of halogens is 2. The van der Waals surface area contributed by atoms with Crippen LogP contribution in [0.2, 0.25) is 10.0 Å².